The molecule has 0 saturated carbocycles. The molecule has 4 heteroatoms. The molecule has 0 spiro atoms. The molecule has 0 atom stereocenters. The van der Waals surface area contributed by atoms with Gasteiger partial charge in [-0.15, -0.1) is 0 Å². The molecule has 1 heterocycles. The van der Waals surface area contributed by atoms with Gasteiger partial charge in [0, 0.05) is 6.54 Å². The summed E-state index contributed by atoms with van der Waals surface area (Å²) >= 11 is 3.29. The summed E-state index contributed by atoms with van der Waals surface area (Å²) in [6, 6.07) is 5.19. The number of hydrogen-bond acceptors (Lipinski definition) is 2. The molecule has 1 N–H and O–H groups in total. The quantitative estimate of drug-likeness (QED) is 0.919. The van der Waals surface area contributed by atoms with E-state index in [-0.39, 0.29) is 5.82 Å². The van der Waals surface area contributed by atoms with Crippen LogP contribution in [-0.2, 0) is 6.54 Å². The van der Waals surface area contributed by atoms with Crippen LogP contribution in [0, 0.1) is 11.7 Å². The van der Waals surface area contributed by atoms with E-state index in [1.165, 1.54) is 32.0 Å². The zero-order valence-corrected chi connectivity index (χ0v) is 12.3. The van der Waals surface area contributed by atoms with Gasteiger partial charge in [0.2, 0.25) is 0 Å². The summed E-state index contributed by atoms with van der Waals surface area (Å²) < 4.78 is 13.9. The van der Waals surface area contributed by atoms with Crippen molar-refractivity contribution in [2.24, 2.45) is 5.92 Å². The maximum absolute atomic E-state index is 13.3. The lowest BCUT2D eigenvalue weighted by Gasteiger charge is -2.29. The molecule has 1 aromatic carbocycles. The van der Waals surface area contributed by atoms with Crippen LogP contribution in [0.1, 0.15) is 18.4 Å². The highest BCUT2D eigenvalue weighted by molar-refractivity contribution is 9.10. The highest BCUT2D eigenvalue weighted by Crippen LogP contribution is 2.20. The average molecular weight is 315 g/mol. The Labute approximate surface area is 117 Å². The van der Waals surface area contributed by atoms with Gasteiger partial charge in [0.15, 0.2) is 0 Å². The van der Waals surface area contributed by atoms with E-state index in [1.54, 1.807) is 6.07 Å². The summed E-state index contributed by atoms with van der Waals surface area (Å²) in [6.07, 6.45) is 2.52. The average Bonchev–Trinajstić information content (AvgIpc) is 2.37. The summed E-state index contributed by atoms with van der Waals surface area (Å²) in [5.41, 5.74) is 0.989. The molecule has 2 nitrogen and oxygen atoms in total. The van der Waals surface area contributed by atoms with Crippen molar-refractivity contribution in [2.75, 3.05) is 26.7 Å². The monoisotopic (exact) mass is 314 g/mol. The van der Waals surface area contributed by atoms with E-state index < -0.39 is 0 Å². The molecule has 2 rings (SSSR count). The van der Waals surface area contributed by atoms with Crippen molar-refractivity contribution in [1.82, 2.24) is 10.2 Å². The molecule has 0 aromatic heterocycles. The van der Waals surface area contributed by atoms with Gasteiger partial charge < -0.3 is 10.2 Å². The SMILES string of the molecule is CN1CCC(CNCc2cccc(F)c2Br)CC1. The Morgan fingerprint density at radius 2 is 2.11 bits per heavy atom. The first-order chi connectivity index (χ1) is 8.66. The number of benzene rings is 1. The number of likely N-dealkylation sites (tertiary alicyclic amines) is 1. The normalized spacial score (nSPS) is 18.2. The predicted molar refractivity (Wildman–Crippen MR) is 76.0 cm³/mol. The van der Waals surface area contributed by atoms with E-state index in [9.17, 15) is 4.39 Å². The summed E-state index contributed by atoms with van der Waals surface area (Å²) in [5, 5.41) is 3.44. The number of piperidine rings is 1. The fourth-order valence-corrected chi connectivity index (χ4v) is 2.77. The second-order valence-electron chi connectivity index (χ2n) is 5.09. The van der Waals surface area contributed by atoms with Crippen molar-refractivity contribution in [3.8, 4) is 0 Å². The lowest BCUT2D eigenvalue weighted by molar-refractivity contribution is 0.216. The zero-order valence-electron chi connectivity index (χ0n) is 10.8. The highest BCUT2D eigenvalue weighted by atomic mass is 79.9. The third kappa shape index (κ3) is 3.77. The third-order valence-corrected chi connectivity index (χ3v) is 4.51. The number of nitrogens with one attached hydrogen (secondary N) is 1. The first-order valence-electron chi connectivity index (χ1n) is 6.49. The minimum absolute atomic E-state index is 0.186. The maximum Gasteiger partial charge on any atom is 0.137 e. The second kappa shape index (κ2) is 6.64. The van der Waals surface area contributed by atoms with Gasteiger partial charge in [0.25, 0.3) is 0 Å². The summed E-state index contributed by atoms with van der Waals surface area (Å²) in [4.78, 5) is 2.37. The minimum atomic E-state index is -0.186. The van der Waals surface area contributed by atoms with Crippen molar-refractivity contribution < 1.29 is 4.39 Å². The number of rotatable bonds is 4. The van der Waals surface area contributed by atoms with Gasteiger partial charge in [-0.25, -0.2) is 4.39 Å². The van der Waals surface area contributed by atoms with E-state index in [1.807, 2.05) is 6.07 Å². The van der Waals surface area contributed by atoms with Crippen LogP contribution in [-0.4, -0.2) is 31.6 Å². The minimum Gasteiger partial charge on any atom is -0.312 e. The van der Waals surface area contributed by atoms with Crippen molar-refractivity contribution >= 4 is 15.9 Å². The summed E-state index contributed by atoms with van der Waals surface area (Å²) in [6.45, 7) is 4.13. The van der Waals surface area contributed by atoms with Crippen LogP contribution in [0.4, 0.5) is 4.39 Å². The molecule has 1 aliphatic rings. The Morgan fingerprint density at radius 3 is 2.83 bits per heavy atom. The maximum atomic E-state index is 13.3. The molecule has 1 fully saturated rings. The number of hydrogen-bond donors (Lipinski definition) is 1. The van der Waals surface area contributed by atoms with Crippen LogP contribution < -0.4 is 5.32 Å². The number of halogens is 2. The summed E-state index contributed by atoms with van der Waals surface area (Å²) in [5.74, 6) is 0.571. The second-order valence-corrected chi connectivity index (χ2v) is 5.88. The van der Waals surface area contributed by atoms with Gasteiger partial charge in [0.1, 0.15) is 5.82 Å². The van der Waals surface area contributed by atoms with Crippen molar-refractivity contribution in [1.29, 1.82) is 0 Å². The first-order valence-corrected chi connectivity index (χ1v) is 7.28. The summed E-state index contributed by atoms with van der Waals surface area (Å²) in [7, 11) is 2.17. The molecule has 100 valence electrons. The molecular weight excluding hydrogens is 295 g/mol. The van der Waals surface area contributed by atoms with Crippen molar-refractivity contribution in [3.05, 3.63) is 34.1 Å². The van der Waals surface area contributed by atoms with Crippen LogP contribution >= 0.6 is 15.9 Å². The lowest BCUT2D eigenvalue weighted by atomic mass is 9.97. The zero-order chi connectivity index (χ0) is 13.0. The Balaban J connectivity index is 1.77. The molecule has 0 unspecified atom stereocenters. The van der Waals surface area contributed by atoms with E-state index in [2.05, 4.69) is 33.2 Å². The molecule has 1 aliphatic heterocycles. The van der Waals surface area contributed by atoms with Crippen LogP contribution in [0.15, 0.2) is 22.7 Å². The molecule has 1 saturated heterocycles. The fourth-order valence-electron chi connectivity index (χ4n) is 2.36. The van der Waals surface area contributed by atoms with Crippen molar-refractivity contribution in [2.45, 2.75) is 19.4 Å². The van der Waals surface area contributed by atoms with Crippen molar-refractivity contribution in [3.63, 3.8) is 0 Å². The third-order valence-electron chi connectivity index (χ3n) is 3.62. The molecule has 18 heavy (non-hydrogen) atoms. The largest absolute Gasteiger partial charge is 0.312 e. The lowest BCUT2D eigenvalue weighted by Crippen LogP contribution is -2.34. The molecule has 0 amide bonds. The van der Waals surface area contributed by atoms with Gasteiger partial charge in [-0.1, -0.05) is 12.1 Å². The molecule has 0 aliphatic carbocycles. The highest BCUT2D eigenvalue weighted by Gasteiger charge is 2.16. The van der Waals surface area contributed by atoms with Crippen LogP contribution in [0.3, 0.4) is 0 Å². The van der Waals surface area contributed by atoms with Gasteiger partial charge in [-0.05, 0) is 73.0 Å². The molecular formula is C14H20BrFN2. The Kier molecular flexibility index (Phi) is 5.15. The first kappa shape index (κ1) is 14.0. The van der Waals surface area contributed by atoms with Gasteiger partial charge in [-0.2, -0.15) is 0 Å². The predicted octanol–water partition coefficient (Wildman–Crippen LogP) is 3.02. The smallest absolute Gasteiger partial charge is 0.137 e. The Bertz CT molecular complexity index is 389. The Hall–Kier alpha value is -0.450. The van der Waals surface area contributed by atoms with Crippen LogP contribution in [0.5, 0.6) is 0 Å². The Morgan fingerprint density at radius 1 is 1.39 bits per heavy atom. The molecule has 0 bridgehead atoms. The van der Waals surface area contributed by atoms with Crippen LogP contribution in [0.2, 0.25) is 0 Å². The number of nitrogens with zero attached hydrogens (tertiary/aromatic N) is 1. The van der Waals surface area contributed by atoms with Gasteiger partial charge in [0.05, 0.1) is 4.47 Å². The van der Waals surface area contributed by atoms with Gasteiger partial charge >= 0.3 is 0 Å². The molecule has 1 aromatic rings. The topological polar surface area (TPSA) is 15.3 Å². The fraction of sp³-hybridized carbons (Fsp3) is 0.571. The van der Waals surface area contributed by atoms with E-state index in [0.717, 1.165) is 24.6 Å². The van der Waals surface area contributed by atoms with E-state index in [4.69, 9.17) is 0 Å². The molecule has 0 radical (unpaired) electrons. The van der Waals surface area contributed by atoms with E-state index in [0.29, 0.717) is 4.47 Å². The van der Waals surface area contributed by atoms with Crippen LogP contribution in [0.25, 0.3) is 0 Å². The van der Waals surface area contributed by atoms with Gasteiger partial charge in [-0.3, -0.25) is 0 Å². The van der Waals surface area contributed by atoms with E-state index >= 15 is 0 Å². The standard InChI is InChI=1S/C14H20BrFN2/c1-18-7-5-11(6-8-18)9-17-10-12-3-2-4-13(16)14(12)15/h2-4,11,17H,5-10H2,1H3.